The second-order valence-corrected chi connectivity index (χ2v) is 4.16. The number of rotatable bonds is 1. The standard InChI is InChI=1S/C17H14O2/c1-13-8-10-15(16(12-13)17(18)19-2)11-9-14-6-4-3-5-7-14/h3-8,10,12H,1-2H3. The minimum Gasteiger partial charge on any atom is -0.465 e. The van der Waals surface area contributed by atoms with Gasteiger partial charge < -0.3 is 4.74 Å². The second kappa shape index (κ2) is 5.88. The number of ether oxygens (including phenoxy) is 1. The summed E-state index contributed by atoms with van der Waals surface area (Å²) in [6.07, 6.45) is 0. The topological polar surface area (TPSA) is 26.3 Å². The number of esters is 1. The van der Waals surface area contributed by atoms with Crippen LogP contribution in [0, 0.1) is 18.8 Å². The van der Waals surface area contributed by atoms with E-state index in [1.807, 2.05) is 49.4 Å². The van der Waals surface area contributed by atoms with E-state index in [0.29, 0.717) is 11.1 Å². The molecule has 0 radical (unpaired) electrons. The summed E-state index contributed by atoms with van der Waals surface area (Å²) in [5.74, 6) is 5.70. The van der Waals surface area contributed by atoms with Crippen molar-refractivity contribution in [3.8, 4) is 11.8 Å². The molecule has 0 unspecified atom stereocenters. The minimum absolute atomic E-state index is 0.360. The summed E-state index contributed by atoms with van der Waals surface area (Å²) in [5.41, 5.74) is 3.11. The number of aryl methyl sites for hydroxylation is 1. The smallest absolute Gasteiger partial charge is 0.339 e. The molecule has 2 nitrogen and oxygen atoms in total. The Morgan fingerprint density at radius 1 is 1.05 bits per heavy atom. The van der Waals surface area contributed by atoms with Gasteiger partial charge in [-0.2, -0.15) is 0 Å². The third-order valence-electron chi connectivity index (χ3n) is 2.70. The normalized spacial score (nSPS) is 9.37. The molecule has 2 heteroatoms. The van der Waals surface area contributed by atoms with E-state index in [-0.39, 0.29) is 5.97 Å². The van der Waals surface area contributed by atoms with Gasteiger partial charge in [-0.05, 0) is 31.2 Å². The summed E-state index contributed by atoms with van der Waals surface area (Å²) in [6, 6.07) is 15.2. The molecule has 0 amide bonds. The van der Waals surface area contributed by atoms with Gasteiger partial charge in [0.05, 0.1) is 12.7 Å². The molecule has 2 rings (SSSR count). The van der Waals surface area contributed by atoms with Crippen LogP contribution in [-0.2, 0) is 4.74 Å². The van der Waals surface area contributed by atoms with Gasteiger partial charge in [0.1, 0.15) is 0 Å². The maximum absolute atomic E-state index is 11.7. The molecule has 0 aliphatic heterocycles. The number of hydrogen-bond donors (Lipinski definition) is 0. The van der Waals surface area contributed by atoms with Crippen LogP contribution in [0.15, 0.2) is 48.5 Å². The van der Waals surface area contributed by atoms with E-state index >= 15 is 0 Å². The van der Waals surface area contributed by atoms with Gasteiger partial charge in [0.25, 0.3) is 0 Å². The Kier molecular flexibility index (Phi) is 4.00. The van der Waals surface area contributed by atoms with Crippen molar-refractivity contribution in [1.29, 1.82) is 0 Å². The first kappa shape index (κ1) is 12.9. The molecule has 0 aliphatic carbocycles. The van der Waals surface area contributed by atoms with Crippen molar-refractivity contribution < 1.29 is 9.53 Å². The van der Waals surface area contributed by atoms with Crippen LogP contribution in [0.1, 0.15) is 27.0 Å². The Morgan fingerprint density at radius 2 is 1.79 bits per heavy atom. The van der Waals surface area contributed by atoms with E-state index in [1.54, 1.807) is 6.07 Å². The molecule has 0 aromatic heterocycles. The van der Waals surface area contributed by atoms with Crippen LogP contribution in [0.4, 0.5) is 0 Å². The highest BCUT2D eigenvalue weighted by Gasteiger charge is 2.10. The summed E-state index contributed by atoms with van der Waals surface area (Å²) in [5, 5.41) is 0. The number of benzene rings is 2. The molecular formula is C17H14O2. The van der Waals surface area contributed by atoms with Crippen molar-refractivity contribution in [2.24, 2.45) is 0 Å². The Morgan fingerprint density at radius 3 is 2.47 bits per heavy atom. The first-order valence-corrected chi connectivity index (χ1v) is 5.97. The third kappa shape index (κ3) is 3.23. The number of carbonyl (C=O) groups excluding carboxylic acids is 1. The van der Waals surface area contributed by atoms with Crippen molar-refractivity contribution in [2.45, 2.75) is 6.92 Å². The van der Waals surface area contributed by atoms with Crippen molar-refractivity contribution in [1.82, 2.24) is 0 Å². The molecule has 0 saturated heterocycles. The largest absolute Gasteiger partial charge is 0.465 e. The Hall–Kier alpha value is -2.53. The van der Waals surface area contributed by atoms with Gasteiger partial charge in [0.15, 0.2) is 0 Å². The molecular weight excluding hydrogens is 236 g/mol. The van der Waals surface area contributed by atoms with Crippen molar-refractivity contribution in [3.63, 3.8) is 0 Å². The average molecular weight is 250 g/mol. The Balaban J connectivity index is 2.41. The molecule has 19 heavy (non-hydrogen) atoms. The summed E-state index contributed by atoms with van der Waals surface area (Å²) >= 11 is 0. The minimum atomic E-state index is -0.360. The van der Waals surface area contributed by atoms with Crippen LogP contribution in [0.25, 0.3) is 0 Å². The van der Waals surface area contributed by atoms with Crippen LogP contribution in [-0.4, -0.2) is 13.1 Å². The molecule has 0 aliphatic rings. The lowest BCUT2D eigenvalue weighted by atomic mass is 10.0. The number of methoxy groups -OCH3 is 1. The van der Waals surface area contributed by atoms with Crippen LogP contribution >= 0.6 is 0 Å². The maximum atomic E-state index is 11.7. The first-order chi connectivity index (χ1) is 9.20. The Bertz CT molecular complexity index is 646. The summed E-state index contributed by atoms with van der Waals surface area (Å²) in [6.45, 7) is 1.93. The quantitative estimate of drug-likeness (QED) is 0.574. The zero-order valence-electron chi connectivity index (χ0n) is 10.9. The number of hydrogen-bond acceptors (Lipinski definition) is 2. The van der Waals surface area contributed by atoms with Gasteiger partial charge >= 0.3 is 5.97 Å². The first-order valence-electron chi connectivity index (χ1n) is 5.97. The Labute approximate surface area is 113 Å². The third-order valence-corrected chi connectivity index (χ3v) is 2.70. The van der Waals surface area contributed by atoms with Crippen LogP contribution in [0.2, 0.25) is 0 Å². The van der Waals surface area contributed by atoms with Crippen LogP contribution < -0.4 is 0 Å². The van der Waals surface area contributed by atoms with Crippen molar-refractivity contribution >= 4 is 5.97 Å². The highest BCUT2D eigenvalue weighted by Crippen LogP contribution is 2.12. The van der Waals surface area contributed by atoms with Crippen molar-refractivity contribution in [3.05, 3.63) is 70.8 Å². The van der Waals surface area contributed by atoms with E-state index < -0.39 is 0 Å². The van der Waals surface area contributed by atoms with Gasteiger partial charge in [-0.1, -0.05) is 41.7 Å². The van der Waals surface area contributed by atoms with E-state index in [0.717, 1.165) is 11.1 Å². The molecule has 0 saturated carbocycles. The highest BCUT2D eigenvalue weighted by atomic mass is 16.5. The van der Waals surface area contributed by atoms with E-state index in [1.165, 1.54) is 7.11 Å². The predicted molar refractivity (Wildman–Crippen MR) is 74.9 cm³/mol. The fourth-order valence-corrected chi connectivity index (χ4v) is 1.71. The zero-order valence-corrected chi connectivity index (χ0v) is 10.9. The van der Waals surface area contributed by atoms with Gasteiger partial charge in [0.2, 0.25) is 0 Å². The van der Waals surface area contributed by atoms with Crippen LogP contribution in [0.3, 0.4) is 0 Å². The monoisotopic (exact) mass is 250 g/mol. The molecule has 94 valence electrons. The lowest BCUT2D eigenvalue weighted by molar-refractivity contribution is 0.0600. The van der Waals surface area contributed by atoms with E-state index in [4.69, 9.17) is 4.74 Å². The molecule has 2 aromatic carbocycles. The van der Waals surface area contributed by atoms with E-state index in [9.17, 15) is 4.79 Å². The van der Waals surface area contributed by atoms with Gasteiger partial charge in [-0.25, -0.2) is 4.79 Å². The van der Waals surface area contributed by atoms with Gasteiger partial charge in [-0.15, -0.1) is 0 Å². The molecule has 0 heterocycles. The molecule has 0 bridgehead atoms. The summed E-state index contributed by atoms with van der Waals surface area (Å²) in [4.78, 5) is 11.7. The molecule has 0 atom stereocenters. The fourth-order valence-electron chi connectivity index (χ4n) is 1.71. The van der Waals surface area contributed by atoms with E-state index in [2.05, 4.69) is 11.8 Å². The second-order valence-electron chi connectivity index (χ2n) is 4.16. The maximum Gasteiger partial charge on any atom is 0.339 e. The summed E-state index contributed by atoms with van der Waals surface area (Å²) < 4.78 is 4.78. The lowest BCUT2D eigenvalue weighted by Crippen LogP contribution is -2.04. The van der Waals surface area contributed by atoms with Gasteiger partial charge in [-0.3, -0.25) is 0 Å². The molecule has 0 N–H and O–H groups in total. The summed E-state index contributed by atoms with van der Waals surface area (Å²) in [7, 11) is 1.37. The highest BCUT2D eigenvalue weighted by molar-refractivity contribution is 5.92. The van der Waals surface area contributed by atoms with Gasteiger partial charge in [0, 0.05) is 11.1 Å². The lowest BCUT2D eigenvalue weighted by Gasteiger charge is -2.03. The van der Waals surface area contributed by atoms with Crippen molar-refractivity contribution in [2.75, 3.05) is 7.11 Å². The molecule has 0 spiro atoms. The zero-order chi connectivity index (χ0) is 13.7. The molecule has 2 aromatic rings. The van der Waals surface area contributed by atoms with Crippen LogP contribution in [0.5, 0.6) is 0 Å². The fraction of sp³-hybridized carbons (Fsp3) is 0.118. The SMILES string of the molecule is COC(=O)c1cc(C)ccc1C#Cc1ccccc1. The molecule has 0 fully saturated rings. The average Bonchev–Trinajstić information content (AvgIpc) is 2.46. The number of carbonyl (C=O) groups is 1. The predicted octanol–water partition coefficient (Wildman–Crippen LogP) is 3.18.